The number of hydrogen-bond acceptors (Lipinski definition) is 3. The largest absolute Gasteiger partial charge is 0.483 e. The van der Waals surface area contributed by atoms with Gasteiger partial charge in [-0.3, -0.25) is 20.4 Å². The Morgan fingerprint density at radius 1 is 0.931 bits per heavy atom. The van der Waals surface area contributed by atoms with Gasteiger partial charge in [0.15, 0.2) is 6.61 Å². The molecule has 3 aromatic rings. The van der Waals surface area contributed by atoms with Crippen LogP contribution in [0.3, 0.4) is 0 Å². The molecule has 0 bridgehead atoms. The molecule has 0 saturated carbocycles. The zero-order chi connectivity index (χ0) is 20.6. The van der Waals surface area contributed by atoms with Crippen molar-refractivity contribution in [3.63, 3.8) is 0 Å². The van der Waals surface area contributed by atoms with Crippen molar-refractivity contribution in [2.45, 2.75) is 19.8 Å². The summed E-state index contributed by atoms with van der Waals surface area (Å²) >= 11 is 0. The first kappa shape index (κ1) is 20.1. The zero-order valence-electron chi connectivity index (χ0n) is 16.5. The van der Waals surface area contributed by atoms with Gasteiger partial charge in [-0.2, -0.15) is 0 Å². The number of fused-ring (bicyclic) bond motifs is 1. The summed E-state index contributed by atoms with van der Waals surface area (Å²) in [5.74, 6) is 0.0948. The first-order chi connectivity index (χ1) is 14.0. The van der Waals surface area contributed by atoms with Crippen molar-refractivity contribution < 1.29 is 14.3 Å². The van der Waals surface area contributed by atoms with Gasteiger partial charge >= 0.3 is 0 Å². The Kier molecular flexibility index (Phi) is 6.63. The number of hydrazine groups is 1. The molecule has 0 atom stereocenters. The Bertz CT molecular complexity index is 1040. The summed E-state index contributed by atoms with van der Waals surface area (Å²) in [6.45, 7) is 3.94. The molecule has 0 heterocycles. The topological polar surface area (TPSA) is 67.4 Å². The van der Waals surface area contributed by atoms with Crippen LogP contribution in [0.25, 0.3) is 16.8 Å². The Morgan fingerprint density at radius 2 is 1.66 bits per heavy atom. The summed E-state index contributed by atoms with van der Waals surface area (Å²) in [4.78, 5) is 24.0. The van der Waals surface area contributed by atoms with Crippen LogP contribution in [0.2, 0.25) is 0 Å². The molecule has 148 valence electrons. The van der Waals surface area contributed by atoms with Crippen LogP contribution in [0.15, 0.2) is 72.8 Å². The Morgan fingerprint density at radius 3 is 2.48 bits per heavy atom. The first-order valence-electron chi connectivity index (χ1n) is 9.51. The fourth-order valence-corrected chi connectivity index (χ4v) is 3.00. The van der Waals surface area contributed by atoms with Gasteiger partial charge in [0.05, 0.1) is 0 Å². The van der Waals surface area contributed by atoms with E-state index in [-0.39, 0.29) is 12.5 Å². The van der Waals surface area contributed by atoms with Gasteiger partial charge in [-0.25, -0.2) is 0 Å². The SMILES string of the molecule is CC(C)c1ccccc1OCC(=O)NNC(=O)/C=C/c1cccc2ccccc12. The molecular weight excluding hydrogens is 364 g/mol. The average molecular weight is 388 g/mol. The lowest BCUT2D eigenvalue weighted by atomic mass is 10.0. The summed E-state index contributed by atoms with van der Waals surface area (Å²) in [5.41, 5.74) is 6.69. The van der Waals surface area contributed by atoms with E-state index in [4.69, 9.17) is 4.74 Å². The molecule has 0 aliphatic heterocycles. The van der Waals surface area contributed by atoms with E-state index in [0.29, 0.717) is 5.75 Å². The van der Waals surface area contributed by atoms with Crippen molar-refractivity contribution in [1.82, 2.24) is 10.9 Å². The molecule has 2 N–H and O–H groups in total. The first-order valence-corrected chi connectivity index (χ1v) is 9.51. The summed E-state index contributed by atoms with van der Waals surface area (Å²) < 4.78 is 5.59. The van der Waals surface area contributed by atoms with E-state index in [1.165, 1.54) is 6.08 Å². The van der Waals surface area contributed by atoms with E-state index >= 15 is 0 Å². The maximum atomic E-state index is 12.0. The molecule has 0 radical (unpaired) electrons. The molecule has 0 unspecified atom stereocenters. The Labute approximate surface area is 170 Å². The lowest BCUT2D eigenvalue weighted by molar-refractivity contribution is -0.128. The van der Waals surface area contributed by atoms with Gasteiger partial charge in [-0.15, -0.1) is 0 Å². The summed E-state index contributed by atoms with van der Waals surface area (Å²) in [7, 11) is 0. The lowest BCUT2D eigenvalue weighted by Crippen LogP contribution is -2.43. The predicted molar refractivity (Wildman–Crippen MR) is 115 cm³/mol. The number of benzene rings is 3. The monoisotopic (exact) mass is 388 g/mol. The lowest BCUT2D eigenvalue weighted by Gasteiger charge is -2.13. The summed E-state index contributed by atoms with van der Waals surface area (Å²) in [6, 6.07) is 21.4. The third-order valence-corrected chi connectivity index (χ3v) is 4.46. The van der Waals surface area contributed by atoms with E-state index in [1.807, 2.05) is 66.7 Å². The number of carbonyl (C=O) groups excluding carboxylic acids is 2. The Balaban J connectivity index is 1.51. The average Bonchev–Trinajstić information content (AvgIpc) is 2.74. The van der Waals surface area contributed by atoms with Crippen molar-refractivity contribution in [3.05, 3.63) is 83.9 Å². The van der Waals surface area contributed by atoms with E-state index in [1.54, 1.807) is 6.08 Å². The Hall–Kier alpha value is -3.60. The highest BCUT2D eigenvalue weighted by molar-refractivity contribution is 5.97. The van der Waals surface area contributed by atoms with Gasteiger partial charge in [0.2, 0.25) is 0 Å². The van der Waals surface area contributed by atoms with E-state index in [0.717, 1.165) is 21.9 Å². The van der Waals surface area contributed by atoms with E-state index < -0.39 is 11.8 Å². The van der Waals surface area contributed by atoms with Crippen LogP contribution in [-0.4, -0.2) is 18.4 Å². The minimum absolute atomic E-state index is 0.183. The molecule has 2 amide bonds. The van der Waals surface area contributed by atoms with Crippen molar-refractivity contribution in [2.75, 3.05) is 6.61 Å². The molecule has 0 aliphatic rings. The fourth-order valence-electron chi connectivity index (χ4n) is 3.00. The number of amides is 2. The van der Waals surface area contributed by atoms with Crippen molar-refractivity contribution in [3.8, 4) is 5.75 Å². The maximum Gasteiger partial charge on any atom is 0.276 e. The third-order valence-electron chi connectivity index (χ3n) is 4.46. The number of ether oxygens (including phenoxy) is 1. The molecule has 0 fully saturated rings. The summed E-state index contributed by atoms with van der Waals surface area (Å²) in [5, 5.41) is 2.16. The normalized spacial score (nSPS) is 11.0. The number of nitrogens with one attached hydrogen (secondary N) is 2. The molecule has 3 aromatic carbocycles. The molecule has 0 aromatic heterocycles. The number of para-hydroxylation sites is 1. The fraction of sp³-hybridized carbons (Fsp3) is 0.167. The van der Waals surface area contributed by atoms with Crippen LogP contribution in [0.4, 0.5) is 0 Å². The molecule has 29 heavy (non-hydrogen) atoms. The second kappa shape index (κ2) is 9.55. The number of carbonyl (C=O) groups is 2. The van der Waals surface area contributed by atoms with Crippen molar-refractivity contribution >= 4 is 28.7 Å². The van der Waals surface area contributed by atoms with Crippen LogP contribution < -0.4 is 15.6 Å². The van der Waals surface area contributed by atoms with Crippen LogP contribution in [-0.2, 0) is 9.59 Å². The predicted octanol–water partition coefficient (Wildman–Crippen LogP) is 4.20. The van der Waals surface area contributed by atoms with Gasteiger partial charge in [0.1, 0.15) is 5.75 Å². The molecule has 5 nitrogen and oxygen atoms in total. The summed E-state index contributed by atoms with van der Waals surface area (Å²) in [6.07, 6.45) is 3.11. The van der Waals surface area contributed by atoms with Crippen molar-refractivity contribution in [1.29, 1.82) is 0 Å². The minimum Gasteiger partial charge on any atom is -0.483 e. The molecule has 5 heteroatoms. The van der Waals surface area contributed by atoms with Gasteiger partial charge < -0.3 is 4.74 Å². The second-order valence-electron chi connectivity index (χ2n) is 6.92. The quantitative estimate of drug-likeness (QED) is 0.491. The van der Waals surface area contributed by atoms with Crippen LogP contribution in [0, 0.1) is 0 Å². The van der Waals surface area contributed by atoms with Gasteiger partial charge in [-0.05, 0) is 40.0 Å². The molecule has 0 spiro atoms. The second-order valence-corrected chi connectivity index (χ2v) is 6.92. The van der Waals surface area contributed by atoms with Gasteiger partial charge in [0, 0.05) is 6.08 Å². The minimum atomic E-state index is -0.435. The highest BCUT2D eigenvalue weighted by Crippen LogP contribution is 2.25. The van der Waals surface area contributed by atoms with E-state index in [2.05, 4.69) is 24.7 Å². The molecule has 0 saturated heterocycles. The molecule has 0 aliphatic carbocycles. The van der Waals surface area contributed by atoms with E-state index in [9.17, 15) is 9.59 Å². The third kappa shape index (κ3) is 5.45. The van der Waals surface area contributed by atoms with Crippen LogP contribution in [0.1, 0.15) is 30.9 Å². The van der Waals surface area contributed by atoms with Crippen LogP contribution in [0.5, 0.6) is 5.75 Å². The highest BCUT2D eigenvalue weighted by atomic mass is 16.5. The molecular formula is C24H24N2O3. The number of rotatable bonds is 6. The highest BCUT2D eigenvalue weighted by Gasteiger charge is 2.09. The van der Waals surface area contributed by atoms with Crippen LogP contribution >= 0.6 is 0 Å². The smallest absolute Gasteiger partial charge is 0.276 e. The maximum absolute atomic E-state index is 12.0. The van der Waals surface area contributed by atoms with Crippen molar-refractivity contribution in [2.24, 2.45) is 0 Å². The number of hydrogen-bond donors (Lipinski definition) is 2. The zero-order valence-corrected chi connectivity index (χ0v) is 16.5. The standard InChI is InChI=1S/C24H24N2O3/c1-17(2)20-11-5-6-13-22(20)29-16-24(28)26-25-23(27)15-14-19-10-7-9-18-8-3-4-12-21(18)19/h3-15,17H,16H2,1-2H3,(H,25,27)(H,26,28)/b15-14+. The van der Waals surface area contributed by atoms with Gasteiger partial charge in [0.25, 0.3) is 11.8 Å². The van der Waals surface area contributed by atoms with Gasteiger partial charge in [-0.1, -0.05) is 74.5 Å². The molecule has 3 rings (SSSR count).